The Balaban J connectivity index is 1.88. The molecule has 0 radical (unpaired) electrons. The summed E-state index contributed by atoms with van der Waals surface area (Å²) in [4.78, 5) is 4.72. The number of imidazole rings is 1. The number of halogens is 3. The number of hydrogen-bond acceptors (Lipinski definition) is 4. The second-order valence-corrected chi connectivity index (χ2v) is 9.14. The Morgan fingerprint density at radius 3 is 2.73 bits per heavy atom. The number of nitrogens with zero attached hydrogens (tertiary/aromatic N) is 2. The number of aliphatic hydroxyl groups excluding tert-OH is 1. The van der Waals surface area contributed by atoms with Gasteiger partial charge in [-0.2, -0.15) is 0 Å². The Morgan fingerprint density at radius 1 is 1.30 bits per heavy atom. The highest BCUT2D eigenvalue weighted by Gasteiger charge is 2.39. The molecule has 1 saturated heterocycles. The third-order valence-electron chi connectivity index (χ3n) is 5.70. The first-order chi connectivity index (χ1) is 14.2. The zero-order valence-corrected chi connectivity index (χ0v) is 18.5. The molecule has 2 aromatic carbocycles. The van der Waals surface area contributed by atoms with Crippen molar-refractivity contribution in [3.05, 3.63) is 63.4 Å². The predicted octanol–water partition coefficient (Wildman–Crippen LogP) is 4.90. The van der Waals surface area contributed by atoms with Gasteiger partial charge in [0, 0.05) is 24.5 Å². The van der Waals surface area contributed by atoms with Gasteiger partial charge in [0.15, 0.2) is 6.29 Å². The Morgan fingerprint density at radius 2 is 2.07 bits per heavy atom. The SMILES string of the molecule is COC(O)c1ccc2nc(Cc3cc(F)c(Br)cc3F)n(C3COCC3(C)C)c2c1. The summed E-state index contributed by atoms with van der Waals surface area (Å²) in [5.41, 5.74) is 2.14. The number of aliphatic hydroxyl groups is 1. The van der Waals surface area contributed by atoms with Crippen molar-refractivity contribution in [3.8, 4) is 0 Å². The number of methoxy groups -OCH3 is 1. The second-order valence-electron chi connectivity index (χ2n) is 8.29. The molecule has 1 aliphatic heterocycles. The van der Waals surface area contributed by atoms with Crippen molar-refractivity contribution in [2.75, 3.05) is 20.3 Å². The van der Waals surface area contributed by atoms with Gasteiger partial charge in [-0.1, -0.05) is 19.9 Å². The molecule has 5 nitrogen and oxygen atoms in total. The van der Waals surface area contributed by atoms with Crippen LogP contribution in [0.2, 0.25) is 0 Å². The lowest BCUT2D eigenvalue weighted by Crippen LogP contribution is -2.27. The van der Waals surface area contributed by atoms with Gasteiger partial charge in [-0.25, -0.2) is 13.8 Å². The fourth-order valence-electron chi connectivity index (χ4n) is 3.97. The van der Waals surface area contributed by atoms with E-state index in [4.69, 9.17) is 14.5 Å². The zero-order chi connectivity index (χ0) is 21.6. The molecule has 0 saturated carbocycles. The van der Waals surface area contributed by atoms with Crippen molar-refractivity contribution in [3.63, 3.8) is 0 Å². The molecule has 1 aromatic heterocycles. The molecule has 2 unspecified atom stereocenters. The van der Waals surface area contributed by atoms with E-state index < -0.39 is 17.9 Å². The number of fused-ring (bicyclic) bond motifs is 1. The predicted molar refractivity (Wildman–Crippen MR) is 112 cm³/mol. The Kier molecular flexibility index (Phi) is 5.69. The highest BCUT2D eigenvalue weighted by atomic mass is 79.9. The molecule has 0 aliphatic carbocycles. The van der Waals surface area contributed by atoms with Crippen LogP contribution in [0.25, 0.3) is 11.0 Å². The van der Waals surface area contributed by atoms with Crippen LogP contribution in [0.4, 0.5) is 8.78 Å². The molecular weight excluding hydrogens is 458 g/mol. The minimum absolute atomic E-state index is 0.0456. The zero-order valence-electron chi connectivity index (χ0n) is 17.0. The van der Waals surface area contributed by atoms with Crippen molar-refractivity contribution < 1.29 is 23.4 Å². The monoisotopic (exact) mass is 480 g/mol. The van der Waals surface area contributed by atoms with Crippen molar-refractivity contribution in [1.82, 2.24) is 9.55 Å². The molecule has 2 heterocycles. The van der Waals surface area contributed by atoms with Crippen LogP contribution in [-0.2, 0) is 15.9 Å². The molecule has 160 valence electrons. The first kappa shape index (κ1) is 21.4. The number of benzene rings is 2. The largest absolute Gasteiger partial charge is 0.379 e. The number of hydrogen-bond donors (Lipinski definition) is 1. The van der Waals surface area contributed by atoms with E-state index in [1.807, 2.05) is 10.6 Å². The van der Waals surface area contributed by atoms with Gasteiger partial charge < -0.3 is 19.1 Å². The molecule has 0 spiro atoms. The van der Waals surface area contributed by atoms with Gasteiger partial charge in [0.2, 0.25) is 0 Å². The summed E-state index contributed by atoms with van der Waals surface area (Å²) in [6, 6.07) is 7.65. The summed E-state index contributed by atoms with van der Waals surface area (Å²) in [5, 5.41) is 10.1. The van der Waals surface area contributed by atoms with Crippen molar-refractivity contribution in [2.24, 2.45) is 5.41 Å². The van der Waals surface area contributed by atoms with Gasteiger partial charge in [0.05, 0.1) is 34.8 Å². The Bertz CT molecular complexity index is 1100. The van der Waals surface area contributed by atoms with Crippen LogP contribution in [0.15, 0.2) is 34.8 Å². The van der Waals surface area contributed by atoms with Crippen LogP contribution in [0.1, 0.15) is 43.1 Å². The molecule has 0 amide bonds. The van der Waals surface area contributed by atoms with Gasteiger partial charge >= 0.3 is 0 Å². The highest BCUT2D eigenvalue weighted by Crippen LogP contribution is 2.40. The standard InChI is InChI=1S/C22H23BrF2N2O3/c1-22(2)11-30-10-19(22)27-18-7-12(21(28)29-3)4-5-17(18)26-20(27)8-13-6-16(25)14(23)9-15(13)24/h4-7,9,19,21,28H,8,10-11H2,1-3H3. The number of aromatic nitrogens is 2. The quantitative estimate of drug-likeness (QED) is 0.416. The summed E-state index contributed by atoms with van der Waals surface area (Å²) in [6.07, 6.45) is -0.938. The van der Waals surface area contributed by atoms with Gasteiger partial charge in [-0.15, -0.1) is 0 Å². The smallest absolute Gasteiger partial charge is 0.180 e. The van der Waals surface area contributed by atoms with Gasteiger partial charge in [0.1, 0.15) is 17.5 Å². The lowest BCUT2D eigenvalue weighted by molar-refractivity contribution is -0.0768. The molecule has 0 bridgehead atoms. The summed E-state index contributed by atoms with van der Waals surface area (Å²) < 4.78 is 41.5. The fraction of sp³-hybridized carbons (Fsp3) is 0.409. The maximum atomic E-state index is 14.5. The number of ether oxygens (including phenoxy) is 2. The minimum atomic E-state index is -1.06. The van der Waals surface area contributed by atoms with Crippen molar-refractivity contribution in [1.29, 1.82) is 0 Å². The average molecular weight is 481 g/mol. The summed E-state index contributed by atoms with van der Waals surface area (Å²) in [6.45, 7) is 5.28. The van der Waals surface area contributed by atoms with Crippen molar-refractivity contribution in [2.45, 2.75) is 32.6 Å². The van der Waals surface area contributed by atoms with E-state index in [1.165, 1.54) is 13.2 Å². The van der Waals surface area contributed by atoms with Crippen LogP contribution in [-0.4, -0.2) is 35.0 Å². The van der Waals surface area contributed by atoms with Gasteiger partial charge in [-0.3, -0.25) is 0 Å². The third kappa shape index (κ3) is 3.77. The second kappa shape index (κ2) is 8.00. The average Bonchev–Trinajstić information content (AvgIpc) is 3.22. The lowest BCUT2D eigenvalue weighted by Gasteiger charge is -2.28. The minimum Gasteiger partial charge on any atom is -0.379 e. The molecule has 30 heavy (non-hydrogen) atoms. The molecule has 1 aliphatic rings. The summed E-state index contributed by atoms with van der Waals surface area (Å²) in [5.74, 6) is -0.415. The number of rotatable bonds is 5. The molecule has 3 aromatic rings. The first-order valence-corrected chi connectivity index (χ1v) is 10.4. The normalized spacial score (nSPS) is 19.5. The Hall–Kier alpha value is -1.87. The van der Waals surface area contributed by atoms with E-state index in [9.17, 15) is 13.9 Å². The van der Waals surface area contributed by atoms with Crippen LogP contribution in [0.3, 0.4) is 0 Å². The first-order valence-electron chi connectivity index (χ1n) is 9.64. The molecule has 8 heteroatoms. The van der Waals surface area contributed by atoms with E-state index in [2.05, 4.69) is 29.8 Å². The van der Waals surface area contributed by atoms with Crippen LogP contribution >= 0.6 is 15.9 Å². The van der Waals surface area contributed by atoms with Gasteiger partial charge in [-0.05, 0) is 45.8 Å². The maximum absolute atomic E-state index is 14.5. The fourth-order valence-corrected chi connectivity index (χ4v) is 4.29. The van der Waals surface area contributed by atoms with Crippen molar-refractivity contribution >= 4 is 27.0 Å². The van der Waals surface area contributed by atoms with E-state index in [1.54, 1.807) is 12.1 Å². The molecule has 4 rings (SSSR count). The lowest BCUT2D eigenvalue weighted by atomic mass is 9.87. The molecule has 2 atom stereocenters. The molecular formula is C22H23BrF2N2O3. The van der Waals surface area contributed by atoms with E-state index in [0.717, 1.165) is 11.6 Å². The summed E-state index contributed by atoms with van der Waals surface area (Å²) >= 11 is 3.02. The van der Waals surface area contributed by atoms with E-state index in [-0.39, 0.29) is 27.9 Å². The topological polar surface area (TPSA) is 56.5 Å². The van der Waals surface area contributed by atoms with Gasteiger partial charge in [0.25, 0.3) is 0 Å². The van der Waals surface area contributed by atoms with Crippen LogP contribution < -0.4 is 0 Å². The van der Waals surface area contributed by atoms with E-state index >= 15 is 0 Å². The molecule has 1 N–H and O–H groups in total. The summed E-state index contributed by atoms with van der Waals surface area (Å²) in [7, 11) is 1.43. The Labute approximate surface area is 181 Å². The van der Waals surface area contributed by atoms with Crippen LogP contribution in [0.5, 0.6) is 0 Å². The highest BCUT2D eigenvalue weighted by molar-refractivity contribution is 9.10. The maximum Gasteiger partial charge on any atom is 0.180 e. The third-order valence-corrected chi connectivity index (χ3v) is 6.30. The van der Waals surface area contributed by atoms with E-state index in [0.29, 0.717) is 30.1 Å². The molecule has 1 fully saturated rings. The van der Waals surface area contributed by atoms with Crippen LogP contribution in [0, 0.1) is 17.0 Å².